The molecular formula is C16H24N2O. The van der Waals surface area contributed by atoms with Crippen molar-refractivity contribution in [3.63, 3.8) is 0 Å². The van der Waals surface area contributed by atoms with Crippen molar-refractivity contribution in [2.45, 2.75) is 31.7 Å². The SMILES string of the molecule is CN(C)C(=O)C1CC(CCc2ccccc2)CCN1. The van der Waals surface area contributed by atoms with Crippen LogP contribution in [-0.4, -0.2) is 37.5 Å². The van der Waals surface area contributed by atoms with Gasteiger partial charge >= 0.3 is 0 Å². The van der Waals surface area contributed by atoms with Crippen LogP contribution in [0.15, 0.2) is 30.3 Å². The topological polar surface area (TPSA) is 32.3 Å². The molecule has 1 aromatic rings. The van der Waals surface area contributed by atoms with E-state index in [1.807, 2.05) is 14.1 Å². The van der Waals surface area contributed by atoms with Crippen molar-refractivity contribution in [3.05, 3.63) is 35.9 Å². The van der Waals surface area contributed by atoms with Gasteiger partial charge in [0.2, 0.25) is 5.91 Å². The molecule has 0 spiro atoms. The number of nitrogens with zero attached hydrogens (tertiary/aromatic N) is 1. The van der Waals surface area contributed by atoms with Gasteiger partial charge in [0.1, 0.15) is 0 Å². The summed E-state index contributed by atoms with van der Waals surface area (Å²) in [5.74, 6) is 0.875. The van der Waals surface area contributed by atoms with Gasteiger partial charge in [-0.3, -0.25) is 4.79 Å². The molecule has 1 aliphatic heterocycles. The first-order chi connectivity index (χ1) is 9.16. The Morgan fingerprint density at radius 1 is 1.32 bits per heavy atom. The van der Waals surface area contributed by atoms with Crippen LogP contribution in [0.25, 0.3) is 0 Å². The van der Waals surface area contributed by atoms with Crippen LogP contribution in [0.3, 0.4) is 0 Å². The molecule has 0 bridgehead atoms. The first-order valence-corrected chi connectivity index (χ1v) is 7.15. The maximum atomic E-state index is 12.0. The van der Waals surface area contributed by atoms with Crippen molar-refractivity contribution >= 4 is 5.91 Å². The van der Waals surface area contributed by atoms with Gasteiger partial charge in [-0.2, -0.15) is 0 Å². The number of carbonyl (C=O) groups excluding carboxylic acids is 1. The fourth-order valence-corrected chi connectivity index (χ4v) is 2.77. The molecule has 1 amide bonds. The van der Waals surface area contributed by atoms with Crippen molar-refractivity contribution < 1.29 is 4.79 Å². The summed E-state index contributed by atoms with van der Waals surface area (Å²) in [5.41, 5.74) is 1.40. The Morgan fingerprint density at radius 2 is 2.05 bits per heavy atom. The summed E-state index contributed by atoms with van der Waals surface area (Å²) in [5, 5.41) is 3.34. The normalized spacial score (nSPS) is 23.1. The molecule has 1 heterocycles. The highest BCUT2D eigenvalue weighted by atomic mass is 16.2. The van der Waals surface area contributed by atoms with E-state index in [-0.39, 0.29) is 11.9 Å². The lowest BCUT2D eigenvalue weighted by molar-refractivity contribution is -0.131. The summed E-state index contributed by atoms with van der Waals surface area (Å²) in [6, 6.07) is 10.6. The van der Waals surface area contributed by atoms with Crippen LogP contribution in [0.4, 0.5) is 0 Å². The average Bonchev–Trinajstić information content (AvgIpc) is 2.45. The number of carbonyl (C=O) groups is 1. The highest BCUT2D eigenvalue weighted by molar-refractivity contribution is 5.81. The number of likely N-dealkylation sites (N-methyl/N-ethyl adjacent to an activating group) is 1. The van der Waals surface area contributed by atoms with Crippen LogP contribution in [0.1, 0.15) is 24.8 Å². The Labute approximate surface area is 116 Å². The maximum Gasteiger partial charge on any atom is 0.239 e. The second-order valence-electron chi connectivity index (χ2n) is 5.65. The van der Waals surface area contributed by atoms with Crippen molar-refractivity contribution in [2.75, 3.05) is 20.6 Å². The monoisotopic (exact) mass is 260 g/mol. The van der Waals surface area contributed by atoms with Gasteiger partial charge in [0.15, 0.2) is 0 Å². The molecule has 2 rings (SSSR count). The summed E-state index contributed by atoms with van der Waals surface area (Å²) in [6.07, 6.45) is 4.46. The maximum absolute atomic E-state index is 12.0. The molecule has 2 atom stereocenters. The molecule has 0 aliphatic carbocycles. The highest BCUT2D eigenvalue weighted by Gasteiger charge is 2.27. The fourth-order valence-electron chi connectivity index (χ4n) is 2.77. The summed E-state index contributed by atoms with van der Waals surface area (Å²) in [4.78, 5) is 13.7. The molecule has 2 unspecified atom stereocenters. The number of amides is 1. The Morgan fingerprint density at radius 3 is 2.74 bits per heavy atom. The lowest BCUT2D eigenvalue weighted by atomic mass is 9.87. The minimum atomic E-state index is 0.0181. The predicted molar refractivity (Wildman–Crippen MR) is 78.0 cm³/mol. The lowest BCUT2D eigenvalue weighted by Crippen LogP contribution is -2.48. The lowest BCUT2D eigenvalue weighted by Gasteiger charge is -2.31. The molecule has 1 fully saturated rings. The van der Waals surface area contributed by atoms with Gasteiger partial charge in [-0.25, -0.2) is 0 Å². The fraction of sp³-hybridized carbons (Fsp3) is 0.562. The zero-order valence-electron chi connectivity index (χ0n) is 11.9. The van der Waals surface area contributed by atoms with Gasteiger partial charge in [0.05, 0.1) is 6.04 Å². The molecule has 3 nitrogen and oxygen atoms in total. The summed E-state index contributed by atoms with van der Waals surface area (Å²) < 4.78 is 0. The molecule has 0 saturated carbocycles. The first-order valence-electron chi connectivity index (χ1n) is 7.15. The smallest absolute Gasteiger partial charge is 0.239 e. The van der Waals surface area contributed by atoms with Crippen LogP contribution >= 0.6 is 0 Å². The van der Waals surface area contributed by atoms with E-state index in [2.05, 4.69) is 35.6 Å². The summed E-state index contributed by atoms with van der Waals surface area (Å²) in [6.45, 7) is 0.962. The van der Waals surface area contributed by atoms with Gasteiger partial charge in [0, 0.05) is 14.1 Å². The van der Waals surface area contributed by atoms with Crippen molar-refractivity contribution in [2.24, 2.45) is 5.92 Å². The molecule has 0 radical (unpaired) electrons. The Hall–Kier alpha value is -1.35. The number of hydrogen-bond donors (Lipinski definition) is 1. The molecule has 1 saturated heterocycles. The van der Waals surface area contributed by atoms with Crippen LogP contribution in [0.2, 0.25) is 0 Å². The zero-order chi connectivity index (χ0) is 13.7. The van der Waals surface area contributed by atoms with Crippen molar-refractivity contribution in [1.29, 1.82) is 0 Å². The molecule has 1 N–H and O–H groups in total. The standard InChI is InChI=1S/C16H24N2O/c1-18(2)16(19)15-12-14(10-11-17-15)9-8-13-6-4-3-5-7-13/h3-7,14-15,17H,8-12H2,1-2H3. The third-order valence-electron chi connectivity index (χ3n) is 3.94. The van der Waals surface area contributed by atoms with E-state index in [9.17, 15) is 4.79 Å². The second kappa shape index (κ2) is 6.71. The van der Waals surface area contributed by atoms with Gasteiger partial charge < -0.3 is 10.2 Å². The van der Waals surface area contributed by atoms with E-state index in [1.165, 1.54) is 18.4 Å². The number of benzene rings is 1. The van der Waals surface area contributed by atoms with Gasteiger partial charge in [0.25, 0.3) is 0 Å². The largest absolute Gasteiger partial charge is 0.347 e. The minimum absolute atomic E-state index is 0.0181. The third kappa shape index (κ3) is 4.06. The predicted octanol–water partition coefficient (Wildman–Crippen LogP) is 2.08. The minimum Gasteiger partial charge on any atom is -0.347 e. The van der Waals surface area contributed by atoms with E-state index in [0.717, 1.165) is 19.4 Å². The van der Waals surface area contributed by atoms with Crippen molar-refractivity contribution in [1.82, 2.24) is 10.2 Å². The molecule has 1 aliphatic rings. The molecule has 3 heteroatoms. The van der Waals surface area contributed by atoms with Crippen LogP contribution in [-0.2, 0) is 11.2 Å². The molecule has 104 valence electrons. The Kier molecular flexibility index (Phi) is 4.97. The van der Waals surface area contributed by atoms with Crippen molar-refractivity contribution in [3.8, 4) is 0 Å². The van der Waals surface area contributed by atoms with E-state index in [0.29, 0.717) is 5.92 Å². The highest BCUT2D eigenvalue weighted by Crippen LogP contribution is 2.22. The summed E-state index contributed by atoms with van der Waals surface area (Å²) in [7, 11) is 3.66. The first kappa shape index (κ1) is 14.1. The van der Waals surface area contributed by atoms with Crippen LogP contribution in [0.5, 0.6) is 0 Å². The quantitative estimate of drug-likeness (QED) is 0.899. The van der Waals surface area contributed by atoms with Crippen LogP contribution < -0.4 is 5.32 Å². The van der Waals surface area contributed by atoms with Gasteiger partial charge in [-0.05, 0) is 43.7 Å². The number of aryl methyl sites for hydroxylation is 1. The zero-order valence-corrected chi connectivity index (χ0v) is 11.9. The number of nitrogens with one attached hydrogen (secondary N) is 1. The van der Waals surface area contributed by atoms with Gasteiger partial charge in [-0.15, -0.1) is 0 Å². The molecular weight excluding hydrogens is 236 g/mol. The Bertz CT molecular complexity index is 402. The number of piperidine rings is 1. The van der Waals surface area contributed by atoms with E-state index in [1.54, 1.807) is 4.90 Å². The van der Waals surface area contributed by atoms with Gasteiger partial charge in [-0.1, -0.05) is 30.3 Å². The van der Waals surface area contributed by atoms with E-state index in [4.69, 9.17) is 0 Å². The second-order valence-corrected chi connectivity index (χ2v) is 5.65. The van der Waals surface area contributed by atoms with Crippen LogP contribution in [0, 0.1) is 5.92 Å². The number of rotatable bonds is 4. The molecule has 0 aromatic heterocycles. The number of hydrogen-bond acceptors (Lipinski definition) is 2. The molecule has 1 aromatic carbocycles. The van der Waals surface area contributed by atoms with E-state index < -0.39 is 0 Å². The average molecular weight is 260 g/mol. The molecule has 19 heavy (non-hydrogen) atoms. The summed E-state index contributed by atoms with van der Waals surface area (Å²) >= 11 is 0. The third-order valence-corrected chi connectivity index (χ3v) is 3.94. The Balaban J connectivity index is 1.83. The van der Waals surface area contributed by atoms with E-state index >= 15 is 0 Å².